The number of aromatic hydroxyl groups is 1. The summed E-state index contributed by atoms with van der Waals surface area (Å²) in [5.41, 5.74) is 2.79. The Balaban J connectivity index is 2.34. The number of hydrogen-bond acceptors (Lipinski definition) is 4. The first-order valence-electron chi connectivity index (χ1n) is 6.95. The highest BCUT2D eigenvalue weighted by Gasteiger charge is 2.13. The van der Waals surface area contributed by atoms with E-state index in [0.29, 0.717) is 23.7 Å². The molecule has 0 aromatic heterocycles. The molecule has 0 aliphatic rings. The lowest BCUT2D eigenvalue weighted by molar-refractivity contribution is 0.373. The molecule has 0 heterocycles. The summed E-state index contributed by atoms with van der Waals surface area (Å²) in [6.45, 7) is 4.17. The van der Waals surface area contributed by atoms with Crippen LogP contribution in [0.1, 0.15) is 11.1 Å². The summed E-state index contributed by atoms with van der Waals surface area (Å²) < 4.78 is 16.6. The summed E-state index contributed by atoms with van der Waals surface area (Å²) in [5, 5.41) is 9.68. The number of phenolic OH excluding ortho intramolecular Hbond substituents is 1. The smallest absolute Gasteiger partial charge is 0.160 e. The SMILES string of the molecule is C=C(Cc1ccc(O)c(OC)c1)c1cc(OC)cc(OC)c1Br. The van der Waals surface area contributed by atoms with E-state index in [0.717, 1.165) is 21.2 Å². The summed E-state index contributed by atoms with van der Waals surface area (Å²) in [7, 11) is 4.74. The van der Waals surface area contributed by atoms with Crippen LogP contribution < -0.4 is 14.2 Å². The minimum absolute atomic E-state index is 0.117. The second-order valence-corrected chi connectivity index (χ2v) is 5.77. The molecule has 1 N–H and O–H groups in total. The van der Waals surface area contributed by atoms with E-state index >= 15 is 0 Å². The maximum atomic E-state index is 9.68. The molecule has 0 bridgehead atoms. The van der Waals surface area contributed by atoms with Gasteiger partial charge in [-0.1, -0.05) is 12.6 Å². The summed E-state index contributed by atoms with van der Waals surface area (Å²) in [5.74, 6) is 1.94. The lowest BCUT2D eigenvalue weighted by Gasteiger charge is -2.14. The van der Waals surface area contributed by atoms with Crippen molar-refractivity contribution < 1.29 is 19.3 Å². The van der Waals surface area contributed by atoms with Crippen molar-refractivity contribution >= 4 is 21.5 Å². The molecule has 0 fully saturated rings. The molecule has 23 heavy (non-hydrogen) atoms. The third-order valence-corrected chi connectivity index (χ3v) is 4.33. The zero-order valence-electron chi connectivity index (χ0n) is 13.4. The zero-order valence-corrected chi connectivity index (χ0v) is 14.9. The molecule has 0 atom stereocenters. The Hall–Kier alpha value is -2.14. The van der Waals surface area contributed by atoms with Crippen LogP contribution in [0.3, 0.4) is 0 Å². The molecule has 122 valence electrons. The maximum absolute atomic E-state index is 9.68. The van der Waals surface area contributed by atoms with Crippen molar-refractivity contribution in [1.82, 2.24) is 0 Å². The number of benzene rings is 2. The largest absolute Gasteiger partial charge is 0.504 e. The van der Waals surface area contributed by atoms with Gasteiger partial charge in [0.2, 0.25) is 0 Å². The minimum atomic E-state index is 0.117. The van der Waals surface area contributed by atoms with Crippen molar-refractivity contribution in [2.24, 2.45) is 0 Å². The Labute approximate surface area is 144 Å². The summed E-state index contributed by atoms with van der Waals surface area (Å²) >= 11 is 3.55. The number of hydrogen-bond donors (Lipinski definition) is 1. The van der Waals surface area contributed by atoms with Gasteiger partial charge in [0.05, 0.1) is 25.8 Å². The summed E-state index contributed by atoms with van der Waals surface area (Å²) in [4.78, 5) is 0. The summed E-state index contributed by atoms with van der Waals surface area (Å²) in [6.07, 6.45) is 0.603. The first kappa shape index (κ1) is 17.2. The fraction of sp³-hybridized carbons (Fsp3) is 0.222. The van der Waals surface area contributed by atoms with E-state index in [1.165, 1.54) is 7.11 Å². The van der Waals surface area contributed by atoms with Crippen molar-refractivity contribution in [1.29, 1.82) is 0 Å². The standard InChI is InChI=1S/C18H19BrO4/c1-11(7-12-5-6-15(20)16(8-12)22-3)14-9-13(21-2)10-17(23-4)18(14)19/h5-6,8-10,20H,1,7H2,2-4H3. The molecule has 2 rings (SSSR count). The van der Waals surface area contributed by atoms with E-state index in [9.17, 15) is 5.11 Å². The third kappa shape index (κ3) is 3.79. The molecule has 2 aromatic rings. The molecule has 0 amide bonds. The second kappa shape index (κ2) is 7.42. The van der Waals surface area contributed by atoms with Crippen LogP contribution in [0.5, 0.6) is 23.0 Å². The van der Waals surface area contributed by atoms with Crippen LogP contribution in [0.4, 0.5) is 0 Å². The van der Waals surface area contributed by atoms with E-state index < -0.39 is 0 Å². The maximum Gasteiger partial charge on any atom is 0.160 e. The van der Waals surface area contributed by atoms with Gasteiger partial charge < -0.3 is 19.3 Å². The average molecular weight is 379 g/mol. The highest BCUT2D eigenvalue weighted by Crippen LogP contribution is 2.38. The van der Waals surface area contributed by atoms with Gasteiger partial charge in [0.1, 0.15) is 11.5 Å². The Bertz CT molecular complexity index is 725. The Kier molecular flexibility index (Phi) is 5.55. The van der Waals surface area contributed by atoms with Gasteiger partial charge in [0.15, 0.2) is 11.5 Å². The van der Waals surface area contributed by atoms with Crippen molar-refractivity contribution in [3.05, 3.63) is 52.5 Å². The van der Waals surface area contributed by atoms with E-state index in [4.69, 9.17) is 14.2 Å². The topological polar surface area (TPSA) is 47.9 Å². The predicted octanol–water partition coefficient (Wildman–Crippen LogP) is 4.44. The first-order valence-corrected chi connectivity index (χ1v) is 7.75. The lowest BCUT2D eigenvalue weighted by atomic mass is 9.99. The Morgan fingerprint density at radius 3 is 2.35 bits per heavy atom. The average Bonchev–Trinajstić information content (AvgIpc) is 2.56. The second-order valence-electron chi connectivity index (χ2n) is 4.98. The van der Waals surface area contributed by atoms with Gasteiger partial charge in [-0.15, -0.1) is 0 Å². The quantitative estimate of drug-likeness (QED) is 0.807. The molecule has 2 aromatic carbocycles. The Morgan fingerprint density at radius 1 is 1.04 bits per heavy atom. The van der Waals surface area contributed by atoms with Crippen molar-refractivity contribution in [2.45, 2.75) is 6.42 Å². The van der Waals surface area contributed by atoms with Crippen LogP contribution in [-0.4, -0.2) is 26.4 Å². The number of halogens is 1. The van der Waals surface area contributed by atoms with Gasteiger partial charge in [0.25, 0.3) is 0 Å². The molecule has 0 saturated carbocycles. The lowest BCUT2D eigenvalue weighted by Crippen LogP contribution is -1.96. The van der Waals surface area contributed by atoms with Crippen LogP contribution in [0.25, 0.3) is 5.57 Å². The van der Waals surface area contributed by atoms with E-state index in [1.54, 1.807) is 26.4 Å². The number of ether oxygens (including phenoxy) is 3. The molecule has 0 unspecified atom stereocenters. The molecular formula is C18H19BrO4. The van der Waals surface area contributed by atoms with Gasteiger partial charge in [-0.2, -0.15) is 0 Å². The van der Waals surface area contributed by atoms with Gasteiger partial charge >= 0.3 is 0 Å². The van der Waals surface area contributed by atoms with Crippen LogP contribution in [0.15, 0.2) is 41.4 Å². The van der Waals surface area contributed by atoms with Crippen molar-refractivity contribution in [3.63, 3.8) is 0 Å². The van der Waals surface area contributed by atoms with Crippen molar-refractivity contribution in [3.8, 4) is 23.0 Å². The van der Waals surface area contributed by atoms with Crippen LogP contribution in [0.2, 0.25) is 0 Å². The number of methoxy groups -OCH3 is 3. The van der Waals surface area contributed by atoms with E-state index in [1.807, 2.05) is 18.2 Å². The minimum Gasteiger partial charge on any atom is -0.504 e. The molecule has 0 aliphatic heterocycles. The van der Waals surface area contributed by atoms with Gasteiger partial charge in [-0.05, 0) is 57.2 Å². The molecule has 0 radical (unpaired) electrons. The third-order valence-electron chi connectivity index (χ3n) is 3.51. The molecule has 5 heteroatoms. The molecule has 4 nitrogen and oxygen atoms in total. The summed E-state index contributed by atoms with van der Waals surface area (Å²) in [6, 6.07) is 8.97. The molecule has 0 aliphatic carbocycles. The number of allylic oxidation sites excluding steroid dienone is 1. The van der Waals surface area contributed by atoms with Crippen LogP contribution in [0, 0.1) is 0 Å². The monoisotopic (exact) mass is 378 g/mol. The van der Waals surface area contributed by atoms with Crippen molar-refractivity contribution in [2.75, 3.05) is 21.3 Å². The van der Waals surface area contributed by atoms with E-state index in [2.05, 4.69) is 22.5 Å². The normalized spacial score (nSPS) is 10.3. The molecule has 0 spiro atoms. The first-order chi connectivity index (χ1) is 11.0. The highest BCUT2D eigenvalue weighted by atomic mass is 79.9. The Morgan fingerprint density at radius 2 is 1.74 bits per heavy atom. The number of rotatable bonds is 6. The van der Waals surface area contributed by atoms with E-state index in [-0.39, 0.29) is 5.75 Å². The molecular weight excluding hydrogens is 360 g/mol. The van der Waals surface area contributed by atoms with Crippen LogP contribution >= 0.6 is 15.9 Å². The van der Waals surface area contributed by atoms with Crippen LogP contribution in [-0.2, 0) is 6.42 Å². The molecule has 0 saturated heterocycles. The predicted molar refractivity (Wildman–Crippen MR) is 94.6 cm³/mol. The fourth-order valence-electron chi connectivity index (χ4n) is 2.27. The van der Waals surface area contributed by atoms with Gasteiger partial charge in [-0.3, -0.25) is 0 Å². The van der Waals surface area contributed by atoms with Gasteiger partial charge in [0, 0.05) is 6.07 Å². The zero-order chi connectivity index (χ0) is 17.0. The highest BCUT2D eigenvalue weighted by molar-refractivity contribution is 9.10. The number of phenols is 1. The fourth-order valence-corrected chi connectivity index (χ4v) is 2.94. The van der Waals surface area contributed by atoms with Gasteiger partial charge in [-0.25, -0.2) is 0 Å².